The highest BCUT2D eigenvalue weighted by Gasteiger charge is 2.17. The summed E-state index contributed by atoms with van der Waals surface area (Å²) in [5.74, 6) is -0.527. The molecule has 0 fully saturated rings. The Bertz CT molecular complexity index is 1300. The Labute approximate surface area is 150 Å². The Morgan fingerprint density at radius 2 is 2.12 bits per heavy atom. The lowest BCUT2D eigenvalue weighted by atomic mass is 10.2. The van der Waals surface area contributed by atoms with Crippen molar-refractivity contribution in [3.63, 3.8) is 0 Å². The first-order valence-electron chi connectivity index (χ1n) is 7.63. The molecule has 4 aromatic rings. The fourth-order valence-electron chi connectivity index (χ4n) is 2.66. The van der Waals surface area contributed by atoms with Gasteiger partial charge in [-0.1, -0.05) is 17.4 Å². The summed E-state index contributed by atoms with van der Waals surface area (Å²) in [5, 5.41) is 19.9. The zero-order chi connectivity index (χ0) is 18.4. The summed E-state index contributed by atoms with van der Waals surface area (Å²) < 4.78 is 2.83. The lowest BCUT2D eigenvalue weighted by molar-refractivity contribution is 0.102. The van der Waals surface area contributed by atoms with E-state index in [1.807, 2.05) is 0 Å². The van der Waals surface area contributed by atoms with Gasteiger partial charge >= 0.3 is 0 Å². The molecule has 0 saturated heterocycles. The predicted molar refractivity (Wildman–Crippen MR) is 96.4 cm³/mol. The molecular formula is C16H13N7O2S. The van der Waals surface area contributed by atoms with Crippen LogP contribution in [0.3, 0.4) is 0 Å². The first-order valence-corrected chi connectivity index (χ1v) is 8.44. The topological polar surface area (TPSA) is 118 Å². The molecule has 0 aliphatic rings. The molecule has 0 saturated carbocycles. The number of carbonyl (C=O) groups is 1. The van der Waals surface area contributed by atoms with E-state index in [4.69, 9.17) is 5.41 Å². The fourth-order valence-corrected chi connectivity index (χ4v) is 3.24. The largest absolute Gasteiger partial charge is 0.313 e. The van der Waals surface area contributed by atoms with Crippen molar-refractivity contribution < 1.29 is 4.79 Å². The average molecular weight is 367 g/mol. The third-order valence-corrected chi connectivity index (χ3v) is 4.69. The van der Waals surface area contributed by atoms with Crippen LogP contribution >= 0.6 is 11.3 Å². The van der Waals surface area contributed by atoms with Gasteiger partial charge in [0.2, 0.25) is 5.13 Å². The van der Waals surface area contributed by atoms with Gasteiger partial charge in [-0.2, -0.15) is 0 Å². The maximum absolute atomic E-state index is 12.8. The smallest absolute Gasteiger partial charge is 0.267 e. The van der Waals surface area contributed by atoms with E-state index in [2.05, 4.69) is 20.5 Å². The molecule has 0 spiro atoms. The number of fused-ring (bicyclic) bond motifs is 2. The highest BCUT2D eigenvalue weighted by molar-refractivity contribution is 7.15. The second-order valence-electron chi connectivity index (χ2n) is 5.63. The summed E-state index contributed by atoms with van der Waals surface area (Å²) in [6.45, 7) is 1.77. The van der Waals surface area contributed by atoms with Gasteiger partial charge in [-0.15, -0.1) is 10.2 Å². The Morgan fingerprint density at radius 1 is 1.31 bits per heavy atom. The van der Waals surface area contributed by atoms with Gasteiger partial charge in [0, 0.05) is 13.2 Å². The number of anilines is 1. The monoisotopic (exact) mass is 367 g/mol. The van der Waals surface area contributed by atoms with E-state index in [0.29, 0.717) is 21.4 Å². The first kappa shape index (κ1) is 16.1. The Morgan fingerprint density at radius 3 is 2.85 bits per heavy atom. The number of hydrogen-bond acceptors (Lipinski definition) is 7. The molecular weight excluding hydrogens is 354 g/mol. The van der Waals surface area contributed by atoms with E-state index in [-0.39, 0.29) is 22.0 Å². The number of nitrogens with zero attached hydrogens (tertiary/aromatic N) is 5. The van der Waals surface area contributed by atoms with Crippen molar-refractivity contribution in [2.75, 3.05) is 5.32 Å². The Kier molecular flexibility index (Phi) is 3.62. The normalized spacial score (nSPS) is 11.2. The minimum absolute atomic E-state index is 0.0524. The predicted octanol–water partition coefficient (Wildman–Crippen LogP) is 1.08. The summed E-state index contributed by atoms with van der Waals surface area (Å²) in [5.41, 5.74) is 0.518. The summed E-state index contributed by atoms with van der Waals surface area (Å²) in [7, 11) is 1.60. The van der Waals surface area contributed by atoms with Gasteiger partial charge in [-0.25, -0.2) is 4.98 Å². The average Bonchev–Trinajstić information content (AvgIpc) is 3.03. The molecule has 9 nitrogen and oxygen atoms in total. The lowest BCUT2D eigenvalue weighted by Gasteiger charge is -2.10. The molecule has 0 bridgehead atoms. The Balaban J connectivity index is 1.93. The van der Waals surface area contributed by atoms with Crippen LogP contribution in [0.4, 0.5) is 5.13 Å². The van der Waals surface area contributed by atoms with Crippen LogP contribution in [-0.2, 0) is 7.05 Å². The number of aromatic nitrogens is 5. The highest BCUT2D eigenvalue weighted by Crippen LogP contribution is 2.15. The van der Waals surface area contributed by atoms with Crippen molar-refractivity contribution in [1.82, 2.24) is 24.1 Å². The van der Waals surface area contributed by atoms with E-state index in [0.717, 1.165) is 0 Å². The van der Waals surface area contributed by atoms with Gasteiger partial charge < -0.3 is 4.57 Å². The van der Waals surface area contributed by atoms with Crippen LogP contribution in [0.2, 0.25) is 0 Å². The molecule has 10 heteroatoms. The molecule has 0 aromatic carbocycles. The zero-order valence-corrected chi connectivity index (χ0v) is 14.7. The number of carbonyl (C=O) groups excluding carboxylic acids is 1. The number of pyridine rings is 2. The lowest BCUT2D eigenvalue weighted by Crippen LogP contribution is -2.30. The fraction of sp³-hybridized carbons (Fsp3) is 0.125. The number of nitrogens with one attached hydrogen (secondary N) is 2. The standard InChI is InChI=1S/C16H13N7O2S/c1-8-20-21-16(26-8)19-14(24)9-7-10-13(22(2)12(9)17)18-11-5-3-4-6-23(11)15(10)25/h3-7,17H,1-2H3,(H,19,21,24). The molecule has 0 unspecified atom stereocenters. The molecule has 0 aliphatic heterocycles. The first-order chi connectivity index (χ1) is 12.5. The van der Waals surface area contributed by atoms with Crippen LogP contribution in [0.1, 0.15) is 15.4 Å². The van der Waals surface area contributed by atoms with Crippen LogP contribution in [-0.4, -0.2) is 30.1 Å². The van der Waals surface area contributed by atoms with E-state index in [9.17, 15) is 9.59 Å². The van der Waals surface area contributed by atoms with Gasteiger partial charge in [-0.3, -0.25) is 24.7 Å². The molecule has 2 N–H and O–H groups in total. The van der Waals surface area contributed by atoms with Crippen molar-refractivity contribution in [3.8, 4) is 0 Å². The maximum atomic E-state index is 12.8. The SMILES string of the molecule is Cc1nnc(NC(=O)c2cc3c(=O)n4ccccc4nc3n(C)c2=N)s1. The maximum Gasteiger partial charge on any atom is 0.267 e. The molecule has 26 heavy (non-hydrogen) atoms. The molecule has 1 amide bonds. The molecule has 4 rings (SSSR count). The molecule has 0 radical (unpaired) electrons. The molecule has 4 aromatic heterocycles. The summed E-state index contributed by atoms with van der Waals surface area (Å²) in [6.07, 6.45) is 1.61. The van der Waals surface area contributed by atoms with Crippen LogP contribution < -0.4 is 16.4 Å². The number of aryl methyl sites for hydroxylation is 2. The number of rotatable bonds is 2. The number of hydrogen-bond donors (Lipinski definition) is 2. The third kappa shape index (κ3) is 2.47. The van der Waals surface area contributed by atoms with E-state index < -0.39 is 5.91 Å². The van der Waals surface area contributed by atoms with Crippen LogP contribution in [0.5, 0.6) is 0 Å². The quantitative estimate of drug-likeness (QED) is 0.514. The van der Waals surface area contributed by atoms with Gasteiger partial charge in [0.25, 0.3) is 11.5 Å². The Hall–Kier alpha value is -3.40. The van der Waals surface area contributed by atoms with Gasteiger partial charge in [0.15, 0.2) is 0 Å². The third-order valence-electron chi connectivity index (χ3n) is 3.94. The van der Waals surface area contributed by atoms with Gasteiger partial charge in [-0.05, 0) is 25.1 Å². The van der Waals surface area contributed by atoms with Crippen LogP contribution in [0.15, 0.2) is 35.3 Å². The molecule has 4 heterocycles. The van der Waals surface area contributed by atoms with Crippen molar-refractivity contribution in [2.24, 2.45) is 7.05 Å². The second kappa shape index (κ2) is 5.85. The highest BCUT2D eigenvalue weighted by atomic mass is 32.1. The molecule has 0 atom stereocenters. The van der Waals surface area contributed by atoms with E-state index in [1.165, 1.54) is 26.4 Å². The van der Waals surface area contributed by atoms with E-state index >= 15 is 0 Å². The van der Waals surface area contributed by atoms with Crippen molar-refractivity contribution in [2.45, 2.75) is 6.92 Å². The van der Waals surface area contributed by atoms with Crippen molar-refractivity contribution >= 4 is 39.1 Å². The summed E-state index contributed by atoms with van der Waals surface area (Å²) in [4.78, 5) is 29.8. The van der Waals surface area contributed by atoms with Crippen LogP contribution in [0.25, 0.3) is 16.7 Å². The molecule has 130 valence electrons. The van der Waals surface area contributed by atoms with Gasteiger partial charge in [0.05, 0.1) is 10.9 Å². The van der Waals surface area contributed by atoms with Crippen molar-refractivity contribution in [3.05, 3.63) is 56.9 Å². The summed E-state index contributed by atoms with van der Waals surface area (Å²) in [6, 6.07) is 6.62. The zero-order valence-electron chi connectivity index (χ0n) is 13.8. The summed E-state index contributed by atoms with van der Waals surface area (Å²) >= 11 is 1.23. The van der Waals surface area contributed by atoms with Gasteiger partial charge in [0.1, 0.15) is 21.8 Å². The van der Waals surface area contributed by atoms with E-state index in [1.54, 1.807) is 38.4 Å². The minimum Gasteiger partial charge on any atom is -0.313 e. The number of amides is 1. The molecule has 0 aliphatic carbocycles. The minimum atomic E-state index is -0.527. The van der Waals surface area contributed by atoms with Crippen molar-refractivity contribution in [1.29, 1.82) is 5.41 Å². The second-order valence-corrected chi connectivity index (χ2v) is 6.81. The van der Waals surface area contributed by atoms with Crippen LogP contribution in [0, 0.1) is 12.3 Å².